The second kappa shape index (κ2) is 7.75. The van der Waals surface area contributed by atoms with E-state index in [1.807, 2.05) is 48.5 Å². The topological polar surface area (TPSA) is 71.5 Å². The molecular formula is C23H21N3O3. The fourth-order valence-electron chi connectivity index (χ4n) is 3.82. The fourth-order valence-corrected chi connectivity index (χ4v) is 3.82. The molecule has 29 heavy (non-hydrogen) atoms. The molecule has 6 nitrogen and oxygen atoms in total. The van der Waals surface area contributed by atoms with Crippen LogP contribution in [0.4, 0.5) is 5.69 Å². The van der Waals surface area contributed by atoms with Gasteiger partial charge in [-0.2, -0.15) is 0 Å². The predicted octanol–water partition coefficient (Wildman–Crippen LogP) is 3.64. The maximum atomic E-state index is 13.4. The normalized spacial score (nSPS) is 18.1. The summed E-state index contributed by atoms with van der Waals surface area (Å²) in [5, 5.41) is 2.94. The maximum Gasteiger partial charge on any atom is 0.254 e. The molecule has 6 heteroatoms. The van der Waals surface area contributed by atoms with Gasteiger partial charge in [0.2, 0.25) is 11.8 Å². The average molecular weight is 387 g/mol. The van der Waals surface area contributed by atoms with Crippen molar-refractivity contribution >= 4 is 17.5 Å². The summed E-state index contributed by atoms with van der Waals surface area (Å²) in [6.45, 7) is 0. The summed E-state index contributed by atoms with van der Waals surface area (Å²) in [4.78, 5) is 32.2. The number of amides is 2. The number of anilines is 1. The van der Waals surface area contributed by atoms with Crippen LogP contribution in [0.5, 0.6) is 5.88 Å². The van der Waals surface area contributed by atoms with Gasteiger partial charge in [0.15, 0.2) is 0 Å². The zero-order valence-electron chi connectivity index (χ0n) is 16.2. The number of nitrogens with one attached hydrogen (secondary N) is 1. The number of aromatic nitrogens is 1. The summed E-state index contributed by atoms with van der Waals surface area (Å²) < 4.78 is 5.07. The molecule has 1 aliphatic rings. The van der Waals surface area contributed by atoms with E-state index in [4.69, 9.17) is 4.74 Å². The van der Waals surface area contributed by atoms with Crippen LogP contribution < -0.4 is 10.1 Å². The number of likely N-dealkylation sites (N-methyl/N-ethyl adjacent to an activating group) is 1. The number of hydrogen-bond acceptors (Lipinski definition) is 4. The van der Waals surface area contributed by atoms with Crippen molar-refractivity contribution in [3.8, 4) is 5.88 Å². The van der Waals surface area contributed by atoms with Crippen LogP contribution in [0.1, 0.15) is 33.4 Å². The molecule has 4 rings (SSSR count). The van der Waals surface area contributed by atoms with Gasteiger partial charge in [0.25, 0.3) is 5.91 Å². The summed E-state index contributed by atoms with van der Waals surface area (Å²) >= 11 is 0. The van der Waals surface area contributed by atoms with Gasteiger partial charge in [0, 0.05) is 18.7 Å². The molecule has 2 heterocycles. The quantitative estimate of drug-likeness (QED) is 0.742. The summed E-state index contributed by atoms with van der Waals surface area (Å²) in [5.74, 6) is -0.376. The lowest BCUT2D eigenvalue weighted by molar-refractivity contribution is -0.119. The molecule has 0 saturated carbocycles. The van der Waals surface area contributed by atoms with E-state index in [-0.39, 0.29) is 11.8 Å². The Balaban J connectivity index is 1.76. The first-order valence-corrected chi connectivity index (χ1v) is 9.32. The van der Waals surface area contributed by atoms with Gasteiger partial charge in [0.1, 0.15) is 0 Å². The van der Waals surface area contributed by atoms with E-state index in [9.17, 15) is 9.59 Å². The standard InChI is InChI=1S/C23H21N3O3/c1-26-21(15-8-4-3-5-9-15)20(17-10-6-7-11-18(17)23(26)28)22(27)25-16-12-13-19(29-2)24-14-16/h3-14,20-21H,1-2H3,(H,25,27). The average Bonchev–Trinajstić information content (AvgIpc) is 2.77. The zero-order chi connectivity index (χ0) is 20.4. The molecular weight excluding hydrogens is 366 g/mol. The summed E-state index contributed by atoms with van der Waals surface area (Å²) in [6, 6.07) is 19.9. The molecule has 0 spiro atoms. The van der Waals surface area contributed by atoms with Crippen LogP contribution in [0.3, 0.4) is 0 Å². The van der Waals surface area contributed by atoms with Crippen molar-refractivity contribution in [1.29, 1.82) is 0 Å². The van der Waals surface area contributed by atoms with Crippen molar-refractivity contribution in [3.05, 3.63) is 89.6 Å². The molecule has 0 bridgehead atoms. The Kier molecular flexibility index (Phi) is 4.99. The van der Waals surface area contributed by atoms with E-state index in [0.29, 0.717) is 17.1 Å². The van der Waals surface area contributed by atoms with Crippen LogP contribution in [0.15, 0.2) is 72.9 Å². The van der Waals surface area contributed by atoms with Gasteiger partial charge in [-0.25, -0.2) is 4.98 Å². The summed E-state index contributed by atoms with van der Waals surface area (Å²) in [6.07, 6.45) is 1.55. The van der Waals surface area contributed by atoms with Crippen molar-refractivity contribution < 1.29 is 14.3 Å². The number of benzene rings is 2. The van der Waals surface area contributed by atoms with Gasteiger partial charge in [-0.05, 0) is 23.3 Å². The second-order valence-corrected chi connectivity index (χ2v) is 6.91. The maximum absolute atomic E-state index is 13.4. The first-order chi connectivity index (χ1) is 14.1. The zero-order valence-corrected chi connectivity index (χ0v) is 16.2. The van der Waals surface area contributed by atoms with Crippen LogP contribution in [-0.2, 0) is 4.79 Å². The van der Waals surface area contributed by atoms with Crippen LogP contribution in [0, 0.1) is 0 Å². The van der Waals surface area contributed by atoms with Crippen molar-refractivity contribution in [3.63, 3.8) is 0 Å². The number of carbonyl (C=O) groups excluding carboxylic acids is 2. The third kappa shape index (κ3) is 3.45. The van der Waals surface area contributed by atoms with E-state index in [0.717, 1.165) is 11.1 Å². The molecule has 146 valence electrons. The van der Waals surface area contributed by atoms with E-state index in [1.165, 1.54) is 7.11 Å². The third-order valence-electron chi connectivity index (χ3n) is 5.22. The lowest BCUT2D eigenvalue weighted by Crippen LogP contribution is -2.44. The Morgan fingerprint density at radius 2 is 1.76 bits per heavy atom. The number of methoxy groups -OCH3 is 1. The van der Waals surface area contributed by atoms with Gasteiger partial charge in [-0.1, -0.05) is 48.5 Å². The lowest BCUT2D eigenvalue weighted by atomic mass is 9.79. The fraction of sp³-hybridized carbons (Fsp3) is 0.174. The van der Waals surface area contributed by atoms with Crippen molar-refractivity contribution in [2.45, 2.75) is 12.0 Å². The Hall–Kier alpha value is -3.67. The summed E-state index contributed by atoms with van der Waals surface area (Å²) in [7, 11) is 3.28. The third-order valence-corrected chi connectivity index (χ3v) is 5.22. The molecule has 0 fully saturated rings. The highest BCUT2D eigenvalue weighted by atomic mass is 16.5. The molecule has 1 aromatic heterocycles. The molecule has 3 aromatic rings. The molecule has 0 aliphatic carbocycles. The van der Waals surface area contributed by atoms with Gasteiger partial charge < -0.3 is 15.0 Å². The number of hydrogen-bond donors (Lipinski definition) is 1. The molecule has 1 aliphatic heterocycles. The number of ether oxygens (including phenoxy) is 1. The number of nitrogens with zero attached hydrogens (tertiary/aromatic N) is 2. The smallest absolute Gasteiger partial charge is 0.254 e. The van der Waals surface area contributed by atoms with E-state index >= 15 is 0 Å². The minimum atomic E-state index is -0.557. The molecule has 0 radical (unpaired) electrons. The summed E-state index contributed by atoms with van der Waals surface area (Å²) in [5.41, 5.74) is 2.75. The number of pyridine rings is 1. The molecule has 2 unspecified atom stereocenters. The minimum absolute atomic E-state index is 0.0929. The molecule has 2 amide bonds. The van der Waals surface area contributed by atoms with Gasteiger partial charge in [0.05, 0.1) is 31.0 Å². The highest BCUT2D eigenvalue weighted by molar-refractivity contribution is 6.04. The lowest BCUT2D eigenvalue weighted by Gasteiger charge is -2.39. The molecule has 2 aromatic carbocycles. The minimum Gasteiger partial charge on any atom is -0.481 e. The first kappa shape index (κ1) is 18.7. The Morgan fingerprint density at radius 3 is 2.45 bits per heavy atom. The van der Waals surface area contributed by atoms with Gasteiger partial charge in [-0.3, -0.25) is 9.59 Å². The van der Waals surface area contributed by atoms with E-state index in [2.05, 4.69) is 10.3 Å². The Labute approximate surface area is 169 Å². The first-order valence-electron chi connectivity index (χ1n) is 9.32. The van der Waals surface area contributed by atoms with Crippen LogP contribution >= 0.6 is 0 Å². The number of fused-ring (bicyclic) bond motifs is 1. The van der Waals surface area contributed by atoms with Gasteiger partial charge >= 0.3 is 0 Å². The highest BCUT2D eigenvalue weighted by Crippen LogP contribution is 2.42. The number of carbonyl (C=O) groups is 2. The van der Waals surface area contributed by atoms with E-state index < -0.39 is 12.0 Å². The monoisotopic (exact) mass is 387 g/mol. The molecule has 2 atom stereocenters. The largest absolute Gasteiger partial charge is 0.481 e. The molecule has 1 N–H and O–H groups in total. The van der Waals surface area contributed by atoms with Crippen LogP contribution in [-0.4, -0.2) is 35.9 Å². The van der Waals surface area contributed by atoms with Crippen LogP contribution in [0.2, 0.25) is 0 Å². The SMILES string of the molecule is COc1ccc(NC(=O)C2c3ccccc3C(=O)N(C)C2c2ccccc2)cn1. The Bertz CT molecular complexity index is 1030. The Morgan fingerprint density at radius 1 is 1.03 bits per heavy atom. The molecule has 0 saturated heterocycles. The highest BCUT2D eigenvalue weighted by Gasteiger charge is 2.42. The van der Waals surface area contributed by atoms with E-state index in [1.54, 1.807) is 36.3 Å². The predicted molar refractivity (Wildman–Crippen MR) is 110 cm³/mol. The number of rotatable bonds is 4. The van der Waals surface area contributed by atoms with Crippen LogP contribution in [0.25, 0.3) is 0 Å². The van der Waals surface area contributed by atoms with Crippen molar-refractivity contribution in [2.24, 2.45) is 0 Å². The van der Waals surface area contributed by atoms with Gasteiger partial charge in [-0.15, -0.1) is 0 Å². The van der Waals surface area contributed by atoms with Crippen molar-refractivity contribution in [1.82, 2.24) is 9.88 Å². The van der Waals surface area contributed by atoms with Crippen molar-refractivity contribution in [2.75, 3.05) is 19.5 Å². The second-order valence-electron chi connectivity index (χ2n) is 6.91.